The lowest BCUT2D eigenvalue weighted by Crippen LogP contribution is -2.45. The monoisotopic (exact) mass is 555 g/mol. The van der Waals surface area contributed by atoms with Gasteiger partial charge in [-0.3, -0.25) is 4.90 Å². The van der Waals surface area contributed by atoms with Gasteiger partial charge in [0.1, 0.15) is 24.7 Å². The third-order valence-corrected chi connectivity index (χ3v) is 7.23. The number of hydrogen-bond donors (Lipinski definition) is 1. The van der Waals surface area contributed by atoms with Gasteiger partial charge >= 0.3 is 12.1 Å². The van der Waals surface area contributed by atoms with Crippen molar-refractivity contribution in [2.75, 3.05) is 26.9 Å². The van der Waals surface area contributed by atoms with E-state index in [0.717, 1.165) is 29.4 Å². The Kier molecular flexibility index (Phi) is 9.01. The van der Waals surface area contributed by atoms with Crippen LogP contribution in [-0.4, -0.2) is 55.0 Å². The van der Waals surface area contributed by atoms with E-state index in [1.807, 2.05) is 24.3 Å². The molecule has 2 atom stereocenters. The molecule has 1 saturated heterocycles. The average Bonchev–Trinajstić information content (AvgIpc) is 3.02. The first-order chi connectivity index (χ1) is 20.0. The normalized spacial score (nSPS) is 16.8. The topological polar surface area (TPSA) is 94.5 Å². The van der Waals surface area contributed by atoms with Gasteiger partial charge in [-0.25, -0.2) is 9.59 Å². The molecule has 1 aliphatic heterocycles. The molecule has 0 radical (unpaired) electrons. The molecule has 4 aromatic carbocycles. The molecule has 0 spiro atoms. The smallest absolute Gasteiger partial charge is 0.407 e. The Morgan fingerprint density at radius 3 is 2.34 bits per heavy atom. The number of nitrogens with zero attached hydrogens (tertiary/aromatic N) is 1. The number of piperidine rings is 1. The van der Waals surface area contributed by atoms with E-state index in [2.05, 4.69) is 30.3 Å². The fourth-order valence-corrected chi connectivity index (χ4v) is 5.14. The highest BCUT2D eigenvalue weighted by atomic mass is 16.6. The Balaban J connectivity index is 1.18. The first-order valence-electron chi connectivity index (χ1n) is 13.6. The third kappa shape index (κ3) is 6.96. The van der Waals surface area contributed by atoms with Crippen LogP contribution in [0, 0.1) is 0 Å². The van der Waals surface area contributed by atoms with Crippen LogP contribution >= 0.6 is 0 Å². The summed E-state index contributed by atoms with van der Waals surface area (Å²) in [7, 11) is 1.56. The highest BCUT2D eigenvalue weighted by Gasteiger charge is 2.36. The van der Waals surface area contributed by atoms with Crippen molar-refractivity contribution in [3.05, 3.63) is 108 Å². The molecular formula is C33H33NO7. The Labute approximate surface area is 239 Å². The number of esters is 1. The lowest BCUT2D eigenvalue weighted by Gasteiger charge is -2.39. The number of amides is 1. The van der Waals surface area contributed by atoms with Crippen LogP contribution in [0.3, 0.4) is 0 Å². The minimum atomic E-state index is -0.965. The van der Waals surface area contributed by atoms with Crippen LogP contribution in [0.4, 0.5) is 4.79 Å². The zero-order valence-electron chi connectivity index (χ0n) is 22.9. The van der Waals surface area contributed by atoms with Gasteiger partial charge in [-0.2, -0.15) is 0 Å². The number of ether oxygens (including phenoxy) is 4. The SMILES string of the molecule is COc1ccc(C(=O)OCCOc2ccc(C3C(OCc4ccc5ccccc5c4)CCCN3C(=O)O)cc2)cc1. The van der Waals surface area contributed by atoms with Crippen LogP contribution in [0.2, 0.25) is 0 Å². The molecule has 5 rings (SSSR count). The Morgan fingerprint density at radius 1 is 0.878 bits per heavy atom. The molecule has 212 valence electrons. The number of likely N-dealkylation sites (tertiary alicyclic amines) is 1. The minimum Gasteiger partial charge on any atom is -0.497 e. The third-order valence-electron chi connectivity index (χ3n) is 7.23. The summed E-state index contributed by atoms with van der Waals surface area (Å²) < 4.78 is 22.5. The summed E-state index contributed by atoms with van der Waals surface area (Å²) in [4.78, 5) is 25.8. The molecule has 1 aliphatic rings. The molecule has 0 aromatic heterocycles. The molecule has 1 N–H and O–H groups in total. The van der Waals surface area contributed by atoms with Crippen molar-refractivity contribution in [2.45, 2.75) is 31.6 Å². The number of fused-ring (bicyclic) bond motifs is 1. The standard InChI is InChI=1S/C33H33NO7/c1-38-28-14-12-26(13-15-28)32(35)40-20-19-39-29-16-10-25(11-17-29)31-30(7-4-18-34(31)33(36)37)41-22-23-8-9-24-5-2-3-6-27(24)21-23/h2-3,5-6,8-17,21,30-31H,4,7,18-20,22H2,1H3,(H,36,37). The van der Waals surface area contributed by atoms with Crippen LogP contribution in [0.15, 0.2) is 91.0 Å². The Hall–Kier alpha value is -4.56. The summed E-state index contributed by atoms with van der Waals surface area (Å²) >= 11 is 0. The zero-order valence-corrected chi connectivity index (χ0v) is 22.9. The quantitative estimate of drug-likeness (QED) is 0.177. The van der Waals surface area contributed by atoms with Crippen molar-refractivity contribution in [3.63, 3.8) is 0 Å². The van der Waals surface area contributed by atoms with E-state index in [-0.39, 0.29) is 19.3 Å². The summed E-state index contributed by atoms with van der Waals surface area (Å²) in [6, 6.07) is 28.0. The molecule has 8 nitrogen and oxygen atoms in total. The van der Waals surface area contributed by atoms with Crippen LogP contribution in [0.1, 0.15) is 40.4 Å². The molecule has 8 heteroatoms. The number of methoxy groups -OCH3 is 1. The molecule has 41 heavy (non-hydrogen) atoms. The number of carbonyl (C=O) groups is 2. The van der Waals surface area contributed by atoms with E-state index < -0.39 is 18.1 Å². The van der Waals surface area contributed by atoms with Gasteiger partial charge in [-0.15, -0.1) is 0 Å². The summed E-state index contributed by atoms with van der Waals surface area (Å²) in [5, 5.41) is 12.3. The molecular weight excluding hydrogens is 522 g/mol. The van der Waals surface area contributed by atoms with E-state index in [4.69, 9.17) is 18.9 Å². The average molecular weight is 556 g/mol. The summed E-state index contributed by atoms with van der Waals surface area (Å²) in [6.45, 7) is 1.12. The van der Waals surface area contributed by atoms with Crippen molar-refractivity contribution < 1.29 is 33.6 Å². The second-order valence-electron chi connectivity index (χ2n) is 9.88. The molecule has 1 fully saturated rings. The van der Waals surface area contributed by atoms with Crippen LogP contribution in [0.25, 0.3) is 10.8 Å². The number of carboxylic acid groups (broad SMARTS) is 1. The largest absolute Gasteiger partial charge is 0.497 e. The van der Waals surface area contributed by atoms with E-state index in [9.17, 15) is 14.7 Å². The maximum absolute atomic E-state index is 12.2. The van der Waals surface area contributed by atoms with Crippen LogP contribution < -0.4 is 9.47 Å². The summed E-state index contributed by atoms with van der Waals surface area (Å²) in [6.07, 6.45) is 0.255. The van der Waals surface area contributed by atoms with Crippen molar-refractivity contribution in [1.82, 2.24) is 4.90 Å². The van der Waals surface area contributed by atoms with Gasteiger partial charge in [-0.1, -0.05) is 48.5 Å². The highest BCUT2D eigenvalue weighted by Crippen LogP contribution is 2.35. The fraction of sp³-hybridized carbons (Fsp3) is 0.273. The maximum Gasteiger partial charge on any atom is 0.407 e. The lowest BCUT2D eigenvalue weighted by molar-refractivity contribution is -0.0451. The Bertz CT molecular complexity index is 1470. The first-order valence-corrected chi connectivity index (χ1v) is 13.6. The van der Waals surface area contributed by atoms with Gasteiger partial charge in [-0.05, 0) is 77.2 Å². The minimum absolute atomic E-state index is 0.0900. The molecule has 0 bridgehead atoms. The lowest BCUT2D eigenvalue weighted by atomic mass is 9.92. The second-order valence-corrected chi connectivity index (χ2v) is 9.88. The van der Waals surface area contributed by atoms with Gasteiger partial charge in [0, 0.05) is 6.54 Å². The van der Waals surface area contributed by atoms with Gasteiger partial charge in [0.15, 0.2) is 0 Å². The molecule has 0 aliphatic carbocycles. The maximum atomic E-state index is 12.2. The summed E-state index contributed by atoms with van der Waals surface area (Å²) in [5.41, 5.74) is 2.32. The van der Waals surface area contributed by atoms with E-state index >= 15 is 0 Å². The number of carbonyl (C=O) groups excluding carboxylic acids is 1. The van der Waals surface area contributed by atoms with Crippen molar-refractivity contribution in [2.24, 2.45) is 0 Å². The molecule has 2 unspecified atom stereocenters. The van der Waals surface area contributed by atoms with E-state index in [1.54, 1.807) is 43.5 Å². The van der Waals surface area contributed by atoms with Gasteiger partial charge < -0.3 is 24.1 Å². The van der Waals surface area contributed by atoms with Gasteiger partial charge in [0.2, 0.25) is 0 Å². The van der Waals surface area contributed by atoms with Crippen molar-refractivity contribution in [3.8, 4) is 11.5 Å². The van der Waals surface area contributed by atoms with Crippen molar-refractivity contribution >= 4 is 22.8 Å². The van der Waals surface area contributed by atoms with Gasteiger partial charge in [0.05, 0.1) is 31.4 Å². The van der Waals surface area contributed by atoms with Crippen LogP contribution in [0.5, 0.6) is 11.5 Å². The fourth-order valence-electron chi connectivity index (χ4n) is 5.14. The van der Waals surface area contributed by atoms with Crippen LogP contribution in [-0.2, 0) is 16.1 Å². The Morgan fingerprint density at radius 2 is 1.61 bits per heavy atom. The second kappa shape index (κ2) is 13.2. The van der Waals surface area contributed by atoms with Crippen molar-refractivity contribution in [1.29, 1.82) is 0 Å². The highest BCUT2D eigenvalue weighted by molar-refractivity contribution is 5.89. The van der Waals surface area contributed by atoms with E-state index in [1.165, 1.54) is 10.3 Å². The predicted molar refractivity (Wildman–Crippen MR) is 154 cm³/mol. The molecule has 0 saturated carbocycles. The number of rotatable bonds is 10. The van der Waals surface area contributed by atoms with Gasteiger partial charge in [0.25, 0.3) is 0 Å². The molecule has 1 heterocycles. The summed E-state index contributed by atoms with van der Waals surface area (Å²) in [5.74, 6) is 0.823. The number of hydrogen-bond acceptors (Lipinski definition) is 6. The number of benzene rings is 4. The zero-order chi connectivity index (χ0) is 28.6. The predicted octanol–water partition coefficient (Wildman–Crippen LogP) is 6.48. The molecule has 4 aromatic rings. The molecule has 1 amide bonds. The van der Waals surface area contributed by atoms with E-state index in [0.29, 0.717) is 30.2 Å². The first kappa shape index (κ1) is 28.0.